The minimum atomic E-state index is -4.28. The molecule has 23 heavy (non-hydrogen) atoms. The first-order valence-electron chi connectivity index (χ1n) is 7.51. The summed E-state index contributed by atoms with van der Waals surface area (Å²) < 4.78 is 42.4. The summed E-state index contributed by atoms with van der Waals surface area (Å²) in [5.41, 5.74) is -0.428. The molecule has 1 N–H and O–H groups in total. The maximum Gasteiger partial charge on any atom is 0.399 e. The average Bonchev–Trinajstić information content (AvgIpc) is 2.94. The maximum absolute atomic E-state index is 13.9. The highest BCUT2D eigenvalue weighted by Gasteiger charge is 2.59. The van der Waals surface area contributed by atoms with Gasteiger partial charge in [-0.05, 0) is 36.1 Å². The zero-order valence-corrected chi connectivity index (χ0v) is 14.0. The van der Waals surface area contributed by atoms with Gasteiger partial charge in [-0.3, -0.25) is 0 Å². The molecule has 0 radical (unpaired) electrons. The van der Waals surface area contributed by atoms with Crippen LogP contribution in [0.1, 0.15) is 17.5 Å². The van der Waals surface area contributed by atoms with Crippen LogP contribution in [0, 0.1) is 0 Å². The van der Waals surface area contributed by atoms with Crippen LogP contribution in [0.25, 0.3) is 0 Å². The van der Waals surface area contributed by atoms with E-state index in [0.717, 1.165) is 10.0 Å². The zero-order valence-electron chi connectivity index (χ0n) is 12.4. The van der Waals surface area contributed by atoms with Crippen LogP contribution >= 0.6 is 15.9 Å². The Hall–Kier alpha value is -1.33. The van der Waals surface area contributed by atoms with E-state index in [1.165, 1.54) is 0 Å². The molecule has 5 heteroatoms. The summed E-state index contributed by atoms with van der Waals surface area (Å²) in [6, 6.07) is 16.0. The van der Waals surface area contributed by atoms with Crippen LogP contribution in [0.5, 0.6) is 0 Å². The largest absolute Gasteiger partial charge is 0.399 e. The van der Waals surface area contributed by atoms with E-state index in [9.17, 15) is 13.2 Å². The van der Waals surface area contributed by atoms with Crippen molar-refractivity contribution in [2.75, 3.05) is 6.54 Å². The van der Waals surface area contributed by atoms with Crippen LogP contribution in [0.2, 0.25) is 0 Å². The Bertz CT molecular complexity index is 654. The molecule has 3 rings (SSSR count). The highest BCUT2D eigenvalue weighted by atomic mass is 79.9. The molecule has 1 fully saturated rings. The van der Waals surface area contributed by atoms with Gasteiger partial charge in [-0.15, -0.1) is 0 Å². The van der Waals surface area contributed by atoms with Gasteiger partial charge in [0.2, 0.25) is 0 Å². The maximum atomic E-state index is 13.9. The summed E-state index contributed by atoms with van der Waals surface area (Å²) in [4.78, 5) is 0. The van der Waals surface area contributed by atoms with Gasteiger partial charge >= 0.3 is 6.18 Å². The molecule has 1 nitrogen and oxygen atoms in total. The van der Waals surface area contributed by atoms with Crippen LogP contribution < -0.4 is 5.32 Å². The fourth-order valence-electron chi connectivity index (χ4n) is 3.29. The number of nitrogens with one attached hydrogen (secondary N) is 1. The van der Waals surface area contributed by atoms with Gasteiger partial charge in [-0.1, -0.05) is 58.4 Å². The third kappa shape index (κ3) is 3.31. The first-order valence-corrected chi connectivity index (χ1v) is 8.30. The molecule has 1 aliphatic rings. The van der Waals surface area contributed by atoms with Crippen molar-refractivity contribution in [3.8, 4) is 0 Å². The minimum absolute atomic E-state index is 0.0625. The monoisotopic (exact) mass is 383 g/mol. The quantitative estimate of drug-likeness (QED) is 0.798. The van der Waals surface area contributed by atoms with E-state index in [2.05, 4.69) is 21.2 Å². The Morgan fingerprint density at radius 3 is 2.30 bits per heavy atom. The zero-order chi connectivity index (χ0) is 16.5. The van der Waals surface area contributed by atoms with Crippen molar-refractivity contribution in [1.29, 1.82) is 0 Å². The summed E-state index contributed by atoms with van der Waals surface area (Å²) in [6.07, 6.45) is -3.61. The van der Waals surface area contributed by atoms with E-state index in [1.54, 1.807) is 24.3 Å². The summed E-state index contributed by atoms with van der Waals surface area (Å²) >= 11 is 3.28. The van der Waals surface area contributed by atoms with Crippen molar-refractivity contribution in [2.24, 2.45) is 0 Å². The van der Waals surface area contributed by atoms with Crippen LogP contribution in [0.4, 0.5) is 13.2 Å². The van der Waals surface area contributed by atoms with E-state index in [-0.39, 0.29) is 19.0 Å². The molecule has 122 valence electrons. The summed E-state index contributed by atoms with van der Waals surface area (Å²) in [5, 5.41) is 3.08. The van der Waals surface area contributed by atoms with Crippen LogP contribution in [0.15, 0.2) is 59.1 Å². The predicted molar refractivity (Wildman–Crippen MR) is 88.4 cm³/mol. The van der Waals surface area contributed by atoms with Crippen LogP contribution in [-0.2, 0) is 11.8 Å². The second-order valence-corrected chi connectivity index (χ2v) is 6.97. The highest BCUT2D eigenvalue weighted by molar-refractivity contribution is 9.10. The van der Waals surface area contributed by atoms with Gasteiger partial charge in [-0.25, -0.2) is 0 Å². The van der Waals surface area contributed by atoms with E-state index in [1.807, 2.05) is 30.3 Å². The molecule has 2 unspecified atom stereocenters. The van der Waals surface area contributed by atoms with Crippen molar-refractivity contribution in [1.82, 2.24) is 5.32 Å². The second kappa shape index (κ2) is 6.29. The first kappa shape index (κ1) is 16.5. The van der Waals surface area contributed by atoms with E-state index in [4.69, 9.17) is 0 Å². The molecule has 1 aliphatic heterocycles. The predicted octanol–water partition coefficient (Wildman–Crippen LogP) is 4.85. The van der Waals surface area contributed by atoms with Crippen molar-refractivity contribution in [3.05, 3.63) is 70.2 Å². The normalized spacial score (nSPS) is 24.8. The van der Waals surface area contributed by atoms with Crippen molar-refractivity contribution in [3.63, 3.8) is 0 Å². The molecule has 2 aromatic carbocycles. The number of hydrogen-bond donors (Lipinski definition) is 1. The van der Waals surface area contributed by atoms with Crippen LogP contribution in [0.3, 0.4) is 0 Å². The Morgan fingerprint density at radius 1 is 1.04 bits per heavy atom. The third-order valence-electron chi connectivity index (χ3n) is 4.55. The average molecular weight is 384 g/mol. The van der Waals surface area contributed by atoms with Gasteiger partial charge in [0.1, 0.15) is 5.41 Å². The van der Waals surface area contributed by atoms with E-state index < -0.39 is 11.6 Å². The standard InChI is InChI=1S/C18H17BrF3N/c19-15-8-6-14(7-9-15)17(18(20,21)22)11-16(23-12-17)10-13-4-2-1-3-5-13/h1-9,16,23H,10-12H2. The molecular formula is C18H17BrF3N. The van der Waals surface area contributed by atoms with Gasteiger partial charge in [0.15, 0.2) is 0 Å². The van der Waals surface area contributed by atoms with Crippen molar-refractivity contribution < 1.29 is 13.2 Å². The Kier molecular flexibility index (Phi) is 4.52. The molecule has 0 spiro atoms. The molecule has 0 bridgehead atoms. The summed E-state index contributed by atoms with van der Waals surface area (Å²) in [5.74, 6) is 0. The molecule has 1 heterocycles. The molecule has 0 aliphatic carbocycles. The van der Waals surface area contributed by atoms with Gasteiger partial charge in [0.05, 0.1) is 0 Å². The topological polar surface area (TPSA) is 12.0 Å². The third-order valence-corrected chi connectivity index (χ3v) is 5.08. The molecule has 0 amide bonds. The number of alkyl halides is 3. The van der Waals surface area contributed by atoms with Crippen LogP contribution in [-0.4, -0.2) is 18.8 Å². The number of hydrogen-bond acceptors (Lipinski definition) is 1. The Labute approximate surface area is 142 Å². The minimum Gasteiger partial charge on any atom is -0.312 e. The molecular weight excluding hydrogens is 367 g/mol. The summed E-state index contributed by atoms with van der Waals surface area (Å²) in [6.45, 7) is -0.0738. The molecule has 2 atom stereocenters. The Morgan fingerprint density at radius 2 is 1.70 bits per heavy atom. The fourth-order valence-corrected chi connectivity index (χ4v) is 3.56. The Balaban J connectivity index is 1.86. The fraction of sp³-hybridized carbons (Fsp3) is 0.333. The molecule has 2 aromatic rings. The van der Waals surface area contributed by atoms with Crippen molar-refractivity contribution in [2.45, 2.75) is 30.5 Å². The van der Waals surface area contributed by atoms with Gasteiger partial charge in [0.25, 0.3) is 0 Å². The lowest BCUT2D eigenvalue weighted by Crippen LogP contribution is -2.44. The number of benzene rings is 2. The SMILES string of the molecule is FC(F)(F)C1(c2ccc(Br)cc2)CNC(Cc2ccccc2)C1. The van der Waals surface area contributed by atoms with Crippen molar-refractivity contribution >= 4 is 15.9 Å². The molecule has 1 saturated heterocycles. The summed E-state index contributed by atoms with van der Waals surface area (Å²) in [7, 11) is 0. The van der Waals surface area contributed by atoms with E-state index in [0.29, 0.717) is 12.0 Å². The molecule has 0 aromatic heterocycles. The first-order chi connectivity index (χ1) is 10.9. The van der Waals surface area contributed by atoms with Gasteiger partial charge in [0, 0.05) is 17.1 Å². The lowest BCUT2D eigenvalue weighted by molar-refractivity contribution is -0.185. The lowest BCUT2D eigenvalue weighted by atomic mass is 9.77. The van der Waals surface area contributed by atoms with Gasteiger partial charge in [-0.2, -0.15) is 13.2 Å². The molecule has 0 saturated carbocycles. The van der Waals surface area contributed by atoms with Gasteiger partial charge < -0.3 is 5.32 Å². The lowest BCUT2D eigenvalue weighted by Gasteiger charge is -2.32. The van der Waals surface area contributed by atoms with E-state index >= 15 is 0 Å². The highest BCUT2D eigenvalue weighted by Crippen LogP contribution is 2.47. The number of halogens is 4. The number of rotatable bonds is 3. The second-order valence-electron chi connectivity index (χ2n) is 6.06. The smallest absolute Gasteiger partial charge is 0.312 e.